The van der Waals surface area contributed by atoms with E-state index >= 15 is 0 Å². The van der Waals surface area contributed by atoms with Crippen molar-refractivity contribution in [1.82, 2.24) is 19.2 Å². The van der Waals surface area contributed by atoms with Crippen LogP contribution in [0.4, 0.5) is 0 Å². The number of aromatic nitrogens is 3. The Bertz CT molecular complexity index is 794. The van der Waals surface area contributed by atoms with Gasteiger partial charge in [0.1, 0.15) is 12.4 Å². The summed E-state index contributed by atoms with van der Waals surface area (Å²) in [4.78, 5) is 27.3. The van der Waals surface area contributed by atoms with Crippen molar-refractivity contribution in [3.8, 4) is 0 Å². The molecule has 0 unspecified atom stereocenters. The summed E-state index contributed by atoms with van der Waals surface area (Å²) in [6, 6.07) is 10.2. The summed E-state index contributed by atoms with van der Waals surface area (Å²) in [6.45, 7) is 5.49. The molecule has 0 aliphatic carbocycles. The van der Waals surface area contributed by atoms with Crippen LogP contribution >= 0.6 is 0 Å². The maximum atomic E-state index is 12.9. The van der Waals surface area contributed by atoms with Crippen LogP contribution in [-0.2, 0) is 24.3 Å². The third kappa shape index (κ3) is 4.06. The van der Waals surface area contributed by atoms with E-state index in [4.69, 9.17) is 0 Å². The van der Waals surface area contributed by atoms with Crippen molar-refractivity contribution in [3.63, 3.8) is 0 Å². The first kappa shape index (κ1) is 18.4. The first-order chi connectivity index (χ1) is 12.6. The highest BCUT2D eigenvalue weighted by Gasteiger charge is 2.26. The van der Waals surface area contributed by atoms with E-state index in [1.54, 1.807) is 4.57 Å². The Morgan fingerprint density at radius 2 is 2.04 bits per heavy atom. The van der Waals surface area contributed by atoms with Gasteiger partial charge in [0, 0.05) is 19.0 Å². The van der Waals surface area contributed by atoms with Crippen molar-refractivity contribution in [3.05, 3.63) is 52.2 Å². The van der Waals surface area contributed by atoms with Gasteiger partial charge in [0.05, 0.1) is 6.54 Å². The fourth-order valence-electron chi connectivity index (χ4n) is 3.56. The second kappa shape index (κ2) is 8.34. The SMILES string of the molecule is CCCCc1nn(CC(=O)N2CCC[C@@H]2C)c(=O)n1Cc1ccccc1. The number of likely N-dealkylation sites (tertiary alicyclic amines) is 1. The molecule has 0 spiro atoms. The van der Waals surface area contributed by atoms with E-state index in [1.807, 2.05) is 35.2 Å². The molecule has 1 aliphatic rings. The summed E-state index contributed by atoms with van der Waals surface area (Å²) >= 11 is 0. The fourth-order valence-corrected chi connectivity index (χ4v) is 3.56. The first-order valence-electron chi connectivity index (χ1n) is 9.60. The summed E-state index contributed by atoms with van der Waals surface area (Å²) < 4.78 is 3.06. The number of carbonyl (C=O) groups is 1. The first-order valence-corrected chi connectivity index (χ1v) is 9.60. The molecule has 26 heavy (non-hydrogen) atoms. The molecule has 1 atom stereocenters. The predicted molar refractivity (Wildman–Crippen MR) is 101 cm³/mol. The Labute approximate surface area is 154 Å². The lowest BCUT2D eigenvalue weighted by molar-refractivity contribution is -0.132. The van der Waals surface area contributed by atoms with Gasteiger partial charge in [-0.05, 0) is 31.7 Å². The number of hydrogen-bond donors (Lipinski definition) is 0. The standard InChI is InChI=1S/C20H28N4O2/c1-3-4-12-18-21-24(15-19(25)22-13-8-9-16(22)2)20(26)23(18)14-17-10-6-5-7-11-17/h5-7,10-11,16H,3-4,8-9,12-15H2,1-2H3/t16-/m0/s1. The van der Waals surface area contributed by atoms with Crippen LogP contribution < -0.4 is 5.69 Å². The lowest BCUT2D eigenvalue weighted by atomic mass is 10.2. The molecule has 0 saturated carbocycles. The van der Waals surface area contributed by atoms with Gasteiger partial charge >= 0.3 is 5.69 Å². The lowest BCUT2D eigenvalue weighted by Gasteiger charge is -2.20. The van der Waals surface area contributed by atoms with Gasteiger partial charge in [-0.25, -0.2) is 9.48 Å². The number of unbranched alkanes of at least 4 members (excludes halogenated alkanes) is 1. The number of hydrogen-bond acceptors (Lipinski definition) is 3. The number of carbonyl (C=O) groups excluding carboxylic acids is 1. The number of amides is 1. The molecule has 1 amide bonds. The van der Waals surface area contributed by atoms with E-state index < -0.39 is 0 Å². The van der Waals surface area contributed by atoms with Gasteiger partial charge in [0.15, 0.2) is 0 Å². The second-order valence-corrected chi connectivity index (χ2v) is 7.11. The van der Waals surface area contributed by atoms with Crippen molar-refractivity contribution in [2.75, 3.05) is 6.54 Å². The Morgan fingerprint density at radius 3 is 2.69 bits per heavy atom. The quantitative estimate of drug-likeness (QED) is 0.766. The van der Waals surface area contributed by atoms with E-state index in [0.717, 1.165) is 50.0 Å². The topological polar surface area (TPSA) is 60.1 Å². The summed E-state index contributed by atoms with van der Waals surface area (Å²) in [5.74, 6) is 0.756. The molecule has 1 aromatic carbocycles. The Kier molecular flexibility index (Phi) is 5.91. The number of rotatable bonds is 7. The largest absolute Gasteiger partial charge is 0.346 e. The molecule has 6 heteroatoms. The highest BCUT2D eigenvalue weighted by molar-refractivity contribution is 5.76. The van der Waals surface area contributed by atoms with Gasteiger partial charge in [-0.3, -0.25) is 9.36 Å². The summed E-state index contributed by atoms with van der Waals surface area (Å²) in [5, 5.41) is 4.50. The number of nitrogens with zero attached hydrogens (tertiary/aromatic N) is 4. The predicted octanol–water partition coefficient (Wildman–Crippen LogP) is 2.45. The lowest BCUT2D eigenvalue weighted by Crippen LogP contribution is -2.39. The zero-order valence-corrected chi connectivity index (χ0v) is 15.7. The second-order valence-electron chi connectivity index (χ2n) is 7.11. The van der Waals surface area contributed by atoms with Crippen LogP contribution in [0.2, 0.25) is 0 Å². The molecule has 2 heterocycles. The number of benzene rings is 1. The van der Waals surface area contributed by atoms with Crippen LogP contribution in [0.25, 0.3) is 0 Å². The maximum Gasteiger partial charge on any atom is 0.346 e. The summed E-state index contributed by atoms with van der Waals surface area (Å²) in [7, 11) is 0. The van der Waals surface area contributed by atoms with E-state index in [2.05, 4.69) is 18.9 Å². The normalized spacial score (nSPS) is 17.0. The molecule has 3 rings (SSSR count). The minimum Gasteiger partial charge on any atom is -0.338 e. The molecule has 0 N–H and O–H groups in total. The molecule has 1 aromatic heterocycles. The van der Waals surface area contributed by atoms with E-state index in [-0.39, 0.29) is 24.2 Å². The van der Waals surface area contributed by atoms with Crippen molar-refractivity contribution >= 4 is 5.91 Å². The van der Waals surface area contributed by atoms with Gasteiger partial charge in [-0.1, -0.05) is 43.7 Å². The fraction of sp³-hybridized carbons (Fsp3) is 0.550. The Hall–Kier alpha value is -2.37. The van der Waals surface area contributed by atoms with Gasteiger partial charge in [0.25, 0.3) is 0 Å². The molecular weight excluding hydrogens is 328 g/mol. The minimum absolute atomic E-state index is 0.0106. The molecular formula is C20H28N4O2. The molecule has 140 valence electrons. The van der Waals surface area contributed by atoms with Crippen LogP contribution in [0, 0.1) is 0 Å². The van der Waals surface area contributed by atoms with Crippen LogP contribution in [0.1, 0.15) is 50.9 Å². The van der Waals surface area contributed by atoms with Crippen molar-refractivity contribution in [2.24, 2.45) is 0 Å². The molecule has 1 saturated heterocycles. The molecule has 0 bridgehead atoms. The number of aryl methyl sites for hydroxylation is 1. The highest BCUT2D eigenvalue weighted by Crippen LogP contribution is 2.16. The van der Waals surface area contributed by atoms with Crippen LogP contribution in [-0.4, -0.2) is 37.7 Å². The van der Waals surface area contributed by atoms with Gasteiger partial charge in [-0.15, -0.1) is 0 Å². The smallest absolute Gasteiger partial charge is 0.338 e. The van der Waals surface area contributed by atoms with Crippen molar-refractivity contribution in [1.29, 1.82) is 0 Å². The van der Waals surface area contributed by atoms with Gasteiger partial charge in [-0.2, -0.15) is 5.10 Å². The molecule has 2 aromatic rings. The van der Waals surface area contributed by atoms with Crippen molar-refractivity contribution < 1.29 is 4.79 Å². The molecule has 0 radical (unpaired) electrons. The molecule has 1 aliphatic heterocycles. The minimum atomic E-state index is -0.194. The summed E-state index contributed by atoms with van der Waals surface area (Å²) in [6.07, 6.45) is 4.83. The van der Waals surface area contributed by atoms with E-state index in [1.165, 1.54) is 4.68 Å². The highest BCUT2D eigenvalue weighted by atomic mass is 16.2. The summed E-state index contributed by atoms with van der Waals surface area (Å²) in [5.41, 5.74) is 0.867. The van der Waals surface area contributed by atoms with Crippen LogP contribution in [0.15, 0.2) is 35.1 Å². The van der Waals surface area contributed by atoms with E-state index in [9.17, 15) is 9.59 Å². The Balaban J connectivity index is 1.83. The Morgan fingerprint density at radius 1 is 1.27 bits per heavy atom. The third-order valence-electron chi connectivity index (χ3n) is 5.10. The zero-order valence-electron chi connectivity index (χ0n) is 15.7. The molecule has 6 nitrogen and oxygen atoms in total. The third-order valence-corrected chi connectivity index (χ3v) is 5.10. The van der Waals surface area contributed by atoms with Crippen LogP contribution in [0.5, 0.6) is 0 Å². The molecule has 1 fully saturated rings. The van der Waals surface area contributed by atoms with Gasteiger partial charge in [0.2, 0.25) is 5.91 Å². The van der Waals surface area contributed by atoms with E-state index in [0.29, 0.717) is 6.54 Å². The van der Waals surface area contributed by atoms with Crippen LogP contribution in [0.3, 0.4) is 0 Å². The maximum absolute atomic E-state index is 12.9. The van der Waals surface area contributed by atoms with Gasteiger partial charge < -0.3 is 4.90 Å². The zero-order chi connectivity index (χ0) is 18.5. The monoisotopic (exact) mass is 356 g/mol. The average molecular weight is 356 g/mol. The van der Waals surface area contributed by atoms with Crippen molar-refractivity contribution in [2.45, 2.75) is 65.1 Å². The average Bonchev–Trinajstić information content (AvgIpc) is 3.19.